The van der Waals surface area contributed by atoms with Gasteiger partial charge in [0.15, 0.2) is 0 Å². The molecule has 0 saturated carbocycles. The fraction of sp³-hybridized carbons (Fsp3) is 0.412. The van der Waals surface area contributed by atoms with E-state index in [0.717, 1.165) is 13.1 Å². The van der Waals surface area contributed by atoms with E-state index in [1.807, 2.05) is 0 Å². The topological polar surface area (TPSA) is 50.8 Å². The normalized spacial score (nSPS) is 15.6. The third kappa shape index (κ3) is 4.41. The maximum atomic E-state index is 14.1. The molecule has 0 N–H and O–H groups in total. The summed E-state index contributed by atoms with van der Waals surface area (Å²) in [5, 5.41) is 17.4. The van der Waals surface area contributed by atoms with Gasteiger partial charge in [0.2, 0.25) is 0 Å². The smallest absolute Gasteiger partial charge is 0.130 e. The van der Waals surface area contributed by atoms with Crippen LogP contribution in [0.3, 0.4) is 0 Å². The molecule has 1 aliphatic heterocycles. The van der Waals surface area contributed by atoms with Gasteiger partial charge >= 0.3 is 0 Å². The van der Waals surface area contributed by atoms with E-state index in [9.17, 15) is 4.39 Å². The second-order valence-corrected chi connectivity index (χ2v) is 5.32. The summed E-state index contributed by atoms with van der Waals surface area (Å²) >= 11 is 0. The lowest BCUT2D eigenvalue weighted by atomic mass is 10.1. The number of likely N-dealkylation sites (tertiary alicyclic amines) is 1. The Kier molecular flexibility index (Phi) is 5.49. The molecular formula is C17H18FN3. The van der Waals surface area contributed by atoms with Crippen molar-refractivity contribution in [3.05, 3.63) is 40.7 Å². The van der Waals surface area contributed by atoms with Crippen LogP contribution >= 0.6 is 0 Å². The summed E-state index contributed by atoms with van der Waals surface area (Å²) in [4.78, 5) is 2.29. The number of benzene rings is 1. The maximum absolute atomic E-state index is 14.1. The Balaban J connectivity index is 2.11. The van der Waals surface area contributed by atoms with E-state index in [2.05, 4.69) is 4.90 Å². The zero-order chi connectivity index (χ0) is 15.1. The lowest BCUT2D eigenvalue weighted by molar-refractivity contribution is 0.273. The molecule has 0 aromatic heterocycles. The lowest BCUT2D eigenvalue weighted by Gasteiger charge is -2.20. The molecule has 0 amide bonds. The zero-order valence-corrected chi connectivity index (χ0v) is 12.0. The third-order valence-electron chi connectivity index (χ3n) is 3.72. The number of halogens is 1. The molecule has 1 saturated heterocycles. The first-order valence-corrected chi connectivity index (χ1v) is 7.25. The average molecular weight is 283 g/mol. The van der Waals surface area contributed by atoms with Gasteiger partial charge in [-0.2, -0.15) is 10.5 Å². The molecule has 1 aromatic carbocycles. The van der Waals surface area contributed by atoms with Gasteiger partial charge in [-0.25, -0.2) is 4.39 Å². The molecule has 1 aromatic rings. The van der Waals surface area contributed by atoms with Crippen molar-refractivity contribution in [1.29, 1.82) is 10.5 Å². The van der Waals surface area contributed by atoms with Crippen LogP contribution in [-0.2, 0) is 6.54 Å². The van der Waals surface area contributed by atoms with E-state index >= 15 is 0 Å². The molecule has 1 heterocycles. The van der Waals surface area contributed by atoms with E-state index in [4.69, 9.17) is 10.5 Å². The van der Waals surface area contributed by atoms with E-state index in [1.54, 1.807) is 24.3 Å². The van der Waals surface area contributed by atoms with E-state index < -0.39 is 0 Å². The van der Waals surface area contributed by atoms with Gasteiger partial charge in [0, 0.05) is 12.1 Å². The molecule has 2 rings (SSSR count). The Bertz CT molecular complexity index is 583. The Morgan fingerprint density at radius 2 is 1.81 bits per heavy atom. The van der Waals surface area contributed by atoms with Crippen molar-refractivity contribution in [3.63, 3.8) is 0 Å². The molecule has 0 atom stereocenters. The lowest BCUT2D eigenvalue weighted by Crippen LogP contribution is -2.24. The summed E-state index contributed by atoms with van der Waals surface area (Å²) in [6, 6.07) is 8.45. The molecule has 3 nitrogen and oxygen atoms in total. The fourth-order valence-corrected chi connectivity index (χ4v) is 2.57. The number of allylic oxidation sites excluding steroid dienone is 1. The van der Waals surface area contributed by atoms with Gasteiger partial charge in [0.25, 0.3) is 0 Å². The van der Waals surface area contributed by atoms with Crippen molar-refractivity contribution in [2.24, 2.45) is 0 Å². The molecular weight excluding hydrogens is 265 g/mol. The maximum Gasteiger partial charge on any atom is 0.130 e. The fourth-order valence-electron chi connectivity index (χ4n) is 2.57. The van der Waals surface area contributed by atoms with Gasteiger partial charge in [-0.05, 0) is 43.6 Å². The minimum Gasteiger partial charge on any atom is -0.299 e. The Labute approximate surface area is 124 Å². The monoisotopic (exact) mass is 283 g/mol. The summed E-state index contributed by atoms with van der Waals surface area (Å²) in [5.74, 6) is -0.275. The van der Waals surface area contributed by atoms with Crippen LogP contribution in [0.4, 0.5) is 4.39 Å². The van der Waals surface area contributed by atoms with Crippen molar-refractivity contribution < 1.29 is 4.39 Å². The quantitative estimate of drug-likeness (QED) is 0.796. The molecule has 4 heteroatoms. The highest BCUT2D eigenvalue weighted by atomic mass is 19.1. The number of hydrogen-bond acceptors (Lipinski definition) is 3. The summed E-state index contributed by atoms with van der Waals surface area (Å²) < 4.78 is 14.1. The average Bonchev–Trinajstić information content (AvgIpc) is 2.76. The van der Waals surface area contributed by atoms with Crippen molar-refractivity contribution in [2.75, 3.05) is 13.1 Å². The van der Waals surface area contributed by atoms with Crippen LogP contribution in [0, 0.1) is 28.5 Å². The second-order valence-electron chi connectivity index (χ2n) is 5.32. The number of nitriles is 2. The third-order valence-corrected chi connectivity index (χ3v) is 3.72. The van der Waals surface area contributed by atoms with Crippen LogP contribution in [0.1, 0.15) is 36.8 Å². The van der Waals surface area contributed by atoms with Crippen LogP contribution in [0.15, 0.2) is 23.8 Å². The number of nitrogens with zero attached hydrogens (tertiary/aromatic N) is 3. The van der Waals surface area contributed by atoms with Gasteiger partial charge < -0.3 is 0 Å². The Hall–Kier alpha value is -2.17. The van der Waals surface area contributed by atoms with Crippen LogP contribution in [0.5, 0.6) is 0 Å². The summed E-state index contributed by atoms with van der Waals surface area (Å²) in [5.41, 5.74) is 1.20. The van der Waals surface area contributed by atoms with Gasteiger partial charge in [-0.3, -0.25) is 4.90 Å². The molecule has 0 radical (unpaired) electrons. The van der Waals surface area contributed by atoms with Crippen molar-refractivity contribution in [2.45, 2.75) is 32.2 Å². The van der Waals surface area contributed by atoms with E-state index in [-0.39, 0.29) is 11.4 Å². The van der Waals surface area contributed by atoms with Crippen molar-refractivity contribution in [3.8, 4) is 12.1 Å². The number of rotatable bonds is 3. The standard InChI is InChI=1S/C17H18FN3/c18-17-10-14(9-15(11-19)12-20)5-6-16(17)13-21-7-3-1-2-4-8-21/h5-6,9-10H,1-4,7-8,13H2. The van der Waals surface area contributed by atoms with Gasteiger partial charge in [-0.15, -0.1) is 0 Å². The molecule has 0 aliphatic carbocycles. The highest BCUT2D eigenvalue weighted by molar-refractivity contribution is 5.62. The SMILES string of the molecule is N#CC(C#N)=Cc1ccc(CN2CCCCCC2)c(F)c1. The van der Waals surface area contributed by atoms with Crippen LogP contribution < -0.4 is 0 Å². The first-order chi connectivity index (χ1) is 10.2. The van der Waals surface area contributed by atoms with Gasteiger partial charge in [0.1, 0.15) is 23.5 Å². The summed E-state index contributed by atoms with van der Waals surface area (Å²) in [6.45, 7) is 2.67. The largest absolute Gasteiger partial charge is 0.299 e. The van der Waals surface area contributed by atoms with Crippen molar-refractivity contribution >= 4 is 6.08 Å². The number of hydrogen-bond donors (Lipinski definition) is 0. The van der Waals surface area contributed by atoms with Crippen LogP contribution in [-0.4, -0.2) is 18.0 Å². The minimum atomic E-state index is -0.275. The Morgan fingerprint density at radius 1 is 1.14 bits per heavy atom. The Morgan fingerprint density at radius 3 is 2.38 bits per heavy atom. The minimum absolute atomic E-state index is 0.0188. The summed E-state index contributed by atoms with van der Waals surface area (Å²) in [6.07, 6.45) is 6.27. The molecule has 0 bridgehead atoms. The van der Waals surface area contributed by atoms with Crippen molar-refractivity contribution in [1.82, 2.24) is 4.90 Å². The van der Waals surface area contributed by atoms with Gasteiger partial charge in [-0.1, -0.05) is 25.0 Å². The van der Waals surface area contributed by atoms with E-state index in [1.165, 1.54) is 37.8 Å². The predicted molar refractivity (Wildman–Crippen MR) is 79.3 cm³/mol. The predicted octanol–water partition coefficient (Wildman–Crippen LogP) is 3.63. The first-order valence-electron chi connectivity index (χ1n) is 7.25. The second kappa shape index (κ2) is 7.57. The van der Waals surface area contributed by atoms with Crippen LogP contribution in [0.25, 0.3) is 6.08 Å². The summed E-state index contributed by atoms with van der Waals surface area (Å²) in [7, 11) is 0. The molecule has 1 fully saturated rings. The highest BCUT2D eigenvalue weighted by Gasteiger charge is 2.12. The molecule has 1 aliphatic rings. The molecule has 0 unspecified atom stereocenters. The first kappa shape index (κ1) is 15.2. The molecule has 108 valence electrons. The highest BCUT2D eigenvalue weighted by Crippen LogP contribution is 2.17. The van der Waals surface area contributed by atoms with Gasteiger partial charge in [0.05, 0.1) is 0 Å². The molecule has 0 spiro atoms. The molecule has 21 heavy (non-hydrogen) atoms. The van der Waals surface area contributed by atoms with E-state index in [0.29, 0.717) is 17.7 Å². The van der Waals surface area contributed by atoms with Crippen LogP contribution in [0.2, 0.25) is 0 Å². The zero-order valence-electron chi connectivity index (χ0n) is 12.0.